The van der Waals surface area contributed by atoms with Crippen molar-refractivity contribution in [2.45, 2.75) is 84.9 Å². The summed E-state index contributed by atoms with van der Waals surface area (Å²) in [5.74, 6) is 1.09. The van der Waals surface area contributed by atoms with Crippen LogP contribution < -0.4 is 0 Å². The summed E-state index contributed by atoms with van der Waals surface area (Å²) in [4.78, 5) is 11.2. The van der Waals surface area contributed by atoms with Crippen molar-refractivity contribution >= 4 is 15.3 Å². The maximum atomic E-state index is 11.2. The molecule has 0 radical (unpaired) electrons. The van der Waals surface area contributed by atoms with Gasteiger partial charge in [0.05, 0.1) is 6.10 Å². The Kier molecular flexibility index (Phi) is 5.35. The van der Waals surface area contributed by atoms with Crippen molar-refractivity contribution in [1.29, 1.82) is 0 Å². The van der Waals surface area contributed by atoms with E-state index in [4.69, 9.17) is 4.43 Å². The van der Waals surface area contributed by atoms with E-state index in [2.05, 4.69) is 33.9 Å². The molecule has 0 bridgehead atoms. The van der Waals surface area contributed by atoms with Crippen molar-refractivity contribution < 1.29 is 9.22 Å². The van der Waals surface area contributed by atoms with Crippen LogP contribution in [0.4, 0.5) is 0 Å². The number of hydrogen-bond acceptors (Lipinski definition) is 2. The summed E-state index contributed by atoms with van der Waals surface area (Å²) in [6.45, 7) is 11.7. The fourth-order valence-electron chi connectivity index (χ4n) is 4.56. The summed E-state index contributed by atoms with van der Waals surface area (Å²) in [5.41, 5.74) is 0.823. The minimum absolute atomic E-state index is 0.244. The number of carbonyl (C=O) groups excluding carboxylic acids is 1. The van der Waals surface area contributed by atoms with Crippen LogP contribution in [0.1, 0.15) is 65.7 Å². The lowest BCUT2D eigenvalue weighted by Gasteiger charge is -2.51. The van der Waals surface area contributed by atoms with Gasteiger partial charge in [0.15, 0.2) is 9.04 Å². The second kappa shape index (κ2) is 6.53. The molecule has 2 unspecified atom stereocenters. The number of aldehydes is 1. The third-order valence-electron chi connectivity index (χ3n) is 6.05. The Morgan fingerprint density at radius 2 is 1.67 bits per heavy atom. The van der Waals surface area contributed by atoms with Crippen molar-refractivity contribution in [3.8, 4) is 0 Å². The maximum Gasteiger partial charge on any atom is 0.171 e. The zero-order valence-corrected chi connectivity index (χ0v) is 15.8. The first kappa shape index (κ1) is 17.2. The van der Waals surface area contributed by atoms with Gasteiger partial charge in [0.1, 0.15) is 6.29 Å². The quantitative estimate of drug-likeness (QED) is 0.563. The first-order valence-corrected chi connectivity index (χ1v) is 11.7. The second-order valence-corrected chi connectivity index (χ2v) is 11.2. The average molecular weight is 311 g/mol. The maximum absolute atomic E-state index is 11.2. The Morgan fingerprint density at radius 3 is 2.14 bits per heavy atom. The van der Waals surface area contributed by atoms with E-state index >= 15 is 0 Å². The summed E-state index contributed by atoms with van der Waals surface area (Å²) < 4.78 is 6.42. The van der Waals surface area contributed by atoms with Gasteiger partial charge >= 0.3 is 0 Å². The summed E-state index contributed by atoms with van der Waals surface area (Å²) >= 11 is 0. The SMILES string of the molecule is C[SiH](C)OC1CC(C=O)CCC12CCC(C(C)(C)C)CC2. The van der Waals surface area contributed by atoms with Crippen LogP contribution in [-0.2, 0) is 9.22 Å². The van der Waals surface area contributed by atoms with Crippen molar-refractivity contribution in [2.75, 3.05) is 0 Å². The van der Waals surface area contributed by atoms with Gasteiger partial charge in [-0.05, 0) is 74.8 Å². The predicted molar refractivity (Wildman–Crippen MR) is 91.0 cm³/mol. The van der Waals surface area contributed by atoms with Crippen LogP contribution in [-0.4, -0.2) is 21.4 Å². The highest BCUT2D eigenvalue weighted by atomic mass is 28.3. The van der Waals surface area contributed by atoms with E-state index in [0.717, 1.165) is 18.8 Å². The van der Waals surface area contributed by atoms with Crippen molar-refractivity contribution in [3.05, 3.63) is 0 Å². The summed E-state index contributed by atoms with van der Waals surface area (Å²) in [5, 5.41) is 0. The average Bonchev–Trinajstić information content (AvgIpc) is 2.40. The Hall–Kier alpha value is -0.153. The minimum atomic E-state index is -1.04. The fraction of sp³-hybridized carbons (Fsp3) is 0.944. The number of hydrogen-bond donors (Lipinski definition) is 0. The molecule has 122 valence electrons. The number of rotatable bonds is 3. The van der Waals surface area contributed by atoms with E-state index in [9.17, 15) is 4.79 Å². The lowest BCUT2D eigenvalue weighted by molar-refractivity contribution is -0.117. The van der Waals surface area contributed by atoms with E-state index in [-0.39, 0.29) is 5.92 Å². The van der Waals surface area contributed by atoms with E-state index in [1.165, 1.54) is 38.4 Å². The van der Waals surface area contributed by atoms with Gasteiger partial charge in [-0.1, -0.05) is 20.8 Å². The van der Waals surface area contributed by atoms with Gasteiger partial charge in [-0.2, -0.15) is 0 Å². The Balaban J connectivity index is 2.07. The third-order valence-corrected chi connectivity index (χ3v) is 6.92. The standard InChI is InChI=1S/C18H34O2Si/c1-17(2,3)15-7-10-18(11-8-15)9-6-14(13-19)12-16(18)20-21(4)5/h13-16,21H,6-12H2,1-5H3. The molecule has 2 fully saturated rings. The summed E-state index contributed by atoms with van der Waals surface area (Å²) in [6, 6.07) is 0. The molecule has 2 atom stereocenters. The molecule has 0 aromatic heterocycles. The molecule has 0 saturated heterocycles. The molecule has 1 spiro atoms. The molecule has 21 heavy (non-hydrogen) atoms. The van der Waals surface area contributed by atoms with Crippen LogP contribution in [0.5, 0.6) is 0 Å². The van der Waals surface area contributed by atoms with Crippen molar-refractivity contribution in [2.24, 2.45) is 22.7 Å². The molecule has 2 saturated carbocycles. The highest BCUT2D eigenvalue weighted by Gasteiger charge is 2.47. The van der Waals surface area contributed by atoms with Gasteiger partial charge < -0.3 is 9.22 Å². The van der Waals surface area contributed by atoms with Gasteiger partial charge in [0.2, 0.25) is 0 Å². The zero-order chi connectivity index (χ0) is 15.7. The monoisotopic (exact) mass is 310 g/mol. The summed E-state index contributed by atoms with van der Waals surface area (Å²) in [7, 11) is -1.04. The largest absolute Gasteiger partial charge is 0.417 e. The fourth-order valence-corrected chi connectivity index (χ4v) is 5.62. The topological polar surface area (TPSA) is 26.3 Å². The van der Waals surface area contributed by atoms with Crippen molar-refractivity contribution in [3.63, 3.8) is 0 Å². The Labute approximate surface area is 132 Å². The molecule has 2 rings (SSSR count). The van der Waals surface area contributed by atoms with Gasteiger partial charge in [0.25, 0.3) is 0 Å². The van der Waals surface area contributed by atoms with E-state index in [0.29, 0.717) is 16.9 Å². The molecular formula is C18H34O2Si. The van der Waals surface area contributed by atoms with Gasteiger partial charge in [-0.25, -0.2) is 0 Å². The third kappa shape index (κ3) is 3.98. The van der Waals surface area contributed by atoms with Crippen LogP contribution in [0, 0.1) is 22.7 Å². The lowest BCUT2D eigenvalue weighted by atomic mass is 9.57. The molecule has 0 aliphatic heterocycles. The first-order valence-electron chi connectivity index (χ1n) is 8.87. The molecule has 0 N–H and O–H groups in total. The normalized spacial score (nSPS) is 37.9. The van der Waals surface area contributed by atoms with E-state index < -0.39 is 9.04 Å². The zero-order valence-electron chi connectivity index (χ0n) is 14.7. The Bertz CT molecular complexity index is 351. The molecule has 3 heteroatoms. The van der Waals surface area contributed by atoms with Crippen LogP contribution in [0.3, 0.4) is 0 Å². The molecule has 0 aromatic carbocycles. The molecule has 0 heterocycles. The highest BCUT2D eigenvalue weighted by molar-refractivity contribution is 6.48. The molecule has 0 amide bonds. The molecule has 2 nitrogen and oxygen atoms in total. The van der Waals surface area contributed by atoms with Crippen LogP contribution in [0.25, 0.3) is 0 Å². The first-order chi connectivity index (χ1) is 9.77. The van der Waals surface area contributed by atoms with Gasteiger partial charge in [-0.3, -0.25) is 0 Å². The van der Waals surface area contributed by atoms with Crippen molar-refractivity contribution in [1.82, 2.24) is 0 Å². The molecule has 0 aromatic rings. The lowest BCUT2D eigenvalue weighted by Crippen LogP contribution is -2.47. The van der Waals surface area contributed by atoms with Crippen LogP contribution in [0.2, 0.25) is 13.1 Å². The smallest absolute Gasteiger partial charge is 0.171 e. The van der Waals surface area contributed by atoms with Gasteiger partial charge in [0, 0.05) is 5.92 Å². The second-order valence-electron chi connectivity index (χ2n) is 8.85. The van der Waals surface area contributed by atoms with Crippen LogP contribution >= 0.6 is 0 Å². The molecular weight excluding hydrogens is 276 g/mol. The predicted octanol–water partition coefficient (Wildman–Crippen LogP) is 4.58. The molecule has 2 aliphatic rings. The van der Waals surface area contributed by atoms with E-state index in [1.807, 2.05) is 0 Å². The summed E-state index contributed by atoms with van der Waals surface area (Å²) in [6.07, 6.45) is 10.1. The molecule has 2 aliphatic carbocycles. The van der Waals surface area contributed by atoms with Crippen LogP contribution in [0.15, 0.2) is 0 Å². The Morgan fingerprint density at radius 1 is 1.10 bits per heavy atom. The minimum Gasteiger partial charge on any atom is -0.417 e. The van der Waals surface area contributed by atoms with E-state index in [1.54, 1.807) is 0 Å². The number of carbonyl (C=O) groups is 1. The van der Waals surface area contributed by atoms with Gasteiger partial charge in [-0.15, -0.1) is 0 Å². The highest BCUT2D eigenvalue weighted by Crippen LogP contribution is 2.53.